The molecule has 1 aromatic carbocycles. The van der Waals surface area contributed by atoms with Crippen LogP contribution in [0.3, 0.4) is 0 Å². The second-order valence-corrected chi connectivity index (χ2v) is 7.27. The van der Waals surface area contributed by atoms with Crippen LogP contribution in [0.4, 0.5) is 0 Å². The number of hydrogen-bond donors (Lipinski definition) is 1. The first-order valence-corrected chi connectivity index (χ1v) is 7.26. The summed E-state index contributed by atoms with van der Waals surface area (Å²) in [5, 5.41) is 0.637. The molecule has 0 aliphatic heterocycles. The fraction of sp³-hybridized carbons (Fsp3) is 0.625. The summed E-state index contributed by atoms with van der Waals surface area (Å²) < 4.78 is 5.31. The molecule has 2 unspecified atom stereocenters. The van der Waals surface area contributed by atoms with Crippen molar-refractivity contribution in [1.82, 2.24) is 0 Å². The van der Waals surface area contributed by atoms with Gasteiger partial charge in [-0.15, -0.1) is 0 Å². The highest BCUT2D eigenvalue weighted by Crippen LogP contribution is 2.48. The van der Waals surface area contributed by atoms with Crippen LogP contribution >= 0.6 is 11.6 Å². The van der Waals surface area contributed by atoms with E-state index in [9.17, 15) is 0 Å². The third kappa shape index (κ3) is 3.06. The van der Waals surface area contributed by atoms with Crippen molar-refractivity contribution in [2.24, 2.45) is 17.1 Å². The Hall–Kier alpha value is -0.730. The Balaban J connectivity index is 2.38. The van der Waals surface area contributed by atoms with E-state index < -0.39 is 0 Å². The van der Waals surface area contributed by atoms with Crippen LogP contribution in [0.5, 0.6) is 5.75 Å². The van der Waals surface area contributed by atoms with Crippen LogP contribution in [0.2, 0.25) is 5.02 Å². The standard InChI is InChI=1S/C16H24ClNO/c1-11-8-15(2,3)10-16(18,9-11)12-5-6-13(17)14(7-12)19-4/h5-7,11H,8-10,18H2,1-4H3. The van der Waals surface area contributed by atoms with Gasteiger partial charge in [-0.2, -0.15) is 0 Å². The average Bonchev–Trinajstić information content (AvgIpc) is 2.25. The first-order valence-electron chi connectivity index (χ1n) is 6.89. The second-order valence-electron chi connectivity index (χ2n) is 6.86. The van der Waals surface area contributed by atoms with E-state index in [0.29, 0.717) is 16.7 Å². The first kappa shape index (κ1) is 14.7. The normalized spacial score (nSPS) is 30.1. The maximum atomic E-state index is 6.72. The molecular weight excluding hydrogens is 258 g/mol. The summed E-state index contributed by atoms with van der Waals surface area (Å²) in [6.45, 7) is 6.89. The minimum atomic E-state index is -0.279. The Morgan fingerprint density at radius 1 is 1.32 bits per heavy atom. The van der Waals surface area contributed by atoms with Crippen molar-refractivity contribution in [3.05, 3.63) is 28.8 Å². The Morgan fingerprint density at radius 2 is 2.00 bits per heavy atom. The van der Waals surface area contributed by atoms with Crippen molar-refractivity contribution in [2.75, 3.05) is 7.11 Å². The number of hydrogen-bond acceptors (Lipinski definition) is 2. The highest BCUT2D eigenvalue weighted by atomic mass is 35.5. The topological polar surface area (TPSA) is 35.2 Å². The van der Waals surface area contributed by atoms with Gasteiger partial charge in [0.2, 0.25) is 0 Å². The SMILES string of the molecule is COc1cc(C2(N)CC(C)CC(C)(C)C2)ccc1Cl. The van der Waals surface area contributed by atoms with Gasteiger partial charge in [-0.3, -0.25) is 0 Å². The van der Waals surface area contributed by atoms with E-state index in [-0.39, 0.29) is 11.0 Å². The van der Waals surface area contributed by atoms with Gasteiger partial charge in [0, 0.05) is 5.54 Å². The molecule has 0 spiro atoms. The second kappa shape index (κ2) is 4.99. The van der Waals surface area contributed by atoms with E-state index in [4.69, 9.17) is 22.1 Å². The number of halogens is 1. The predicted octanol–water partition coefficient (Wildman–Crippen LogP) is 4.35. The monoisotopic (exact) mass is 281 g/mol. The largest absolute Gasteiger partial charge is 0.495 e. The molecular formula is C16H24ClNO. The van der Waals surface area contributed by atoms with Gasteiger partial charge in [-0.05, 0) is 48.3 Å². The molecule has 1 aliphatic carbocycles. The molecule has 0 bridgehead atoms. The molecule has 2 N–H and O–H groups in total. The number of nitrogens with two attached hydrogens (primary N) is 1. The van der Waals surface area contributed by atoms with Crippen LogP contribution in [0.1, 0.15) is 45.6 Å². The van der Waals surface area contributed by atoms with Crippen molar-refractivity contribution in [3.63, 3.8) is 0 Å². The van der Waals surface area contributed by atoms with Crippen LogP contribution in [0.25, 0.3) is 0 Å². The molecule has 0 heterocycles. The summed E-state index contributed by atoms with van der Waals surface area (Å²) in [6.07, 6.45) is 3.24. The zero-order chi connectivity index (χ0) is 14.3. The maximum absolute atomic E-state index is 6.72. The molecule has 0 amide bonds. The van der Waals surface area contributed by atoms with Crippen molar-refractivity contribution in [1.29, 1.82) is 0 Å². The fourth-order valence-electron chi connectivity index (χ4n) is 3.83. The quantitative estimate of drug-likeness (QED) is 0.875. The Bertz CT molecular complexity index is 472. The van der Waals surface area contributed by atoms with Gasteiger partial charge in [0.1, 0.15) is 5.75 Å². The highest BCUT2D eigenvalue weighted by molar-refractivity contribution is 6.32. The molecule has 1 aliphatic rings. The fourth-order valence-corrected chi connectivity index (χ4v) is 4.02. The van der Waals surface area contributed by atoms with E-state index in [0.717, 1.165) is 18.4 Å². The lowest BCUT2D eigenvalue weighted by atomic mass is 9.62. The van der Waals surface area contributed by atoms with Crippen LogP contribution < -0.4 is 10.5 Å². The van der Waals surface area contributed by atoms with E-state index in [1.54, 1.807) is 7.11 Å². The molecule has 2 nitrogen and oxygen atoms in total. The van der Waals surface area contributed by atoms with Crippen LogP contribution in [-0.4, -0.2) is 7.11 Å². The van der Waals surface area contributed by atoms with Gasteiger partial charge in [-0.25, -0.2) is 0 Å². The Kier molecular flexibility index (Phi) is 3.85. The summed E-state index contributed by atoms with van der Waals surface area (Å²) >= 11 is 6.10. The van der Waals surface area contributed by atoms with Gasteiger partial charge < -0.3 is 10.5 Å². The molecule has 2 atom stereocenters. The van der Waals surface area contributed by atoms with E-state index in [1.165, 1.54) is 6.42 Å². The van der Waals surface area contributed by atoms with Crippen molar-refractivity contribution < 1.29 is 4.74 Å². The summed E-state index contributed by atoms with van der Waals surface area (Å²) in [7, 11) is 1.64. The van der Waals surface area contributed by atoms with Gasteiger partial charge in [0.05, 0.1) is 12.1 Å². The van der Waals surface area contributed by atoms with Crippen molar-refractivity contribution >= 4 is 11.6 Å². The van der Waals surface area contributed by atoms with E-state index in [1.807, 2.05) is 18.2 Å². The van der Waals surface area contributed by atoms with Crippen LogP contribution in [0.15, 0.2) is 18.2 Å². The summed E-state index contributed by atoms with van der Waals surface area (Å²) in [4.78, 5) is 0. The smallest absolute Gasteiger partial charge is 0.137 e. The van der Waals surface area contributed by atoms with Crippen LogP contribution in [-0.2, 0) is 5.54 Å². The lowest BCUT2D eigenvalue weighted by Gasteiger charge is -2.46. The summed E-state index contributed by atoms with van der Waals surface area (Å²) in [5.41, 5.74) is 7.85. The van der Waals surface area contributed by atoms with Gasteiger partial charge in [0.25, 0.3) is 0 Å². The average molecular weight is 282 g/mol. The van der Waals surface area contributed by atoms with Crippen molar-refractivity contribution in [2.45, 2.75) is 45.6 Å². The molecule has 1 fully saturated rings. The molecule has 0 aromatic heterocycles. The minimum Gasteiger partial charge on any atom is -0.495 e. The molecule has 3 heteroatoms. The molecule has 1 saturated carbocycles. The zero-order valence-corrected chi connectivity index (χ0v) is 13.1. The number of methoxy groups -OCH3 is 1. The van der Waals surface area contributed by atoms with Crippen LogP contribution in [0, 0.1) is 11.3 Å². The predicted molar refractivity (Wildman–Crippen MR) is 80.7 cm³/mol. The number of ether oxygens (including phenoxy) is 1. The maximum Gasteiger partial charge on any atom is 0.137 e. The third-order valence-corrected chi connectivity index (χ3v) is 4.45. The molecule has 0 saturated heterocycles. The number of rotatable bonds is 2. The Morgan fingerprint density at radius 3 is 2.58 bits per heavy atom. The lowest BCUT2D eigenvalue weighted by Crippen LogP contribution is -2.46. The molecule has 1 aromatic rings. The van der Waals surface area contributed by atoms with E-state index in [2.05, 4.69) is 20.8 Å². The molecule has 19 heavy (non-hydrogen) atoms. The van der Waals surface area contributed by atoms with Crippen molar-refractivity contribution in [3.8, 4) is 5.75 Å². The number of benzene rings is 1. The van der Waals surface area contributed by atoms with Gasteiger partial charge in [0.15, 0.2) is 0 Å². The molecule has 106 valence electrons. The van der Waals surface area contributed by atoms with Gasteiger partial charge >= 0.3 is 0 Å². The highest BCUT2D eigenvalue weighted by Gasteiger charge is 2.41. The molecule has 2 rings (SSSR count). The van der Waals surface area contributed by atoms with Gasteiger partial charge in [-0.1, -0.05) is 38.4 Å². The zero-order valence-electron chi connectivity index (χ0n) is 12.3. The molecule has 0 radical (unpaired) electrons. The summed E-state index contributed by atoms with van der Waals surface area (Å²) in [5.74, 6) is 1.34. The van der Waals surface area contributed by atoms with E-state index >= 15 is 0 Å². The lowest BCUT2D eigenvalue weighted by molar-refractivity contribution is 0.107. The Labute approximate surface area is 121 Å². The summed E-state index contributed by atoms with van der Waals surface area (Å²) in [6, 6.07) is 5.92. The third-order valence-electron chi connectivity index (χ3n) is 4.13. The minimum absolute atomic E-state index is 0.277. The first-order chi connectivity index (χ1) is 8.76.